The number of carbonyl (C=O) groups is 1. The Balaban J connectivity index is 2.25. The highest BCUT2D eigenvalue weighted by Crippen LogP contribution is 2.31. The normalized spacial score (nSPS) is 11.9. The van der Waals surface area contributed by atoms with E-state index in [1.165, 1.54) is 6.07 Å². The molecule has 1 N–H and O–H groups in total. The Morgan fingerprint density at radius 1 is 1.16 bits per heavy atom. The zero-order chi connectivity index (χ0) is 13.8. The van der Waals surface area contributed by atoms with Gasteiger partial charge in [-0.05, 0) is 23.3 Å². The van der Waals surface area contributed by atoms with Crippen molar-refractivity contribution in [3.05, 3.63) is 53.6 Å². The fraction of sp³-hybridized carbons (Fsp3) is 0.0714. The predicted molar refractivity (Wildman–Crippen MR) is 70.0 cm³/mol. The molecule has 0 fully saturated rings. The molecule has 0 aliphatic heterocycles. The highest BCUT2D eigenvalue weighted by molar-refractivity contribution is 6.32. The van der Waals surface area contributed by atoms with E-state index < -0.39 is 12.3 Å². The van der Waals surface area contributed by atoms with E-state index in [-0.39, 0.29) is 10.8 Å². The van der Waals surface area contributed by atoms with Gasteiger partial charge in [0.25, 0.3) is 0 Å². The van der Waals surface area contributed by atoms with Crippen molar-refractivity contribution in [1.82, 2.24) is 0 Å². The maximum absolute atomic E-state index is 12.9. The third kappa shape index (κ3) is 3.23. The molecule has 0 aliphatic carbocycles. The first-order chi connectivity index (χ1) is 9.08. The van der Waals surface area contributed by atoms with Crippen molar-refractivity contribution in [3.63, 3.8) is 0 Å². The molecule has 1 unspecified atom stereocenters. The summed E-state index contributed by atoms with van der Waals surface area (Å²) in [5.41, 5.74) is 1.79. The summed E-state index contributed by atoms with van der Waals surface area (Å²) in [7, 11) is 0. The van der Waals surface area contributed by atoms with Crippen LogP contribution in [0.4, 0.5) is 4.39 Å². The van der Waals surface area contributed by atoms with E-state index in [1.807, 2.05) is 30.3 Å². The molecule has 0 aromatic heterocycles. The van der Waals surface area contributed by atoms with Crippen LogP contribution in [0.25, 0.3) is 11.1 Å². The first-order valence-electron chi connectivity index (χ1n) is 5.46. The van der Waals surface area contributed by atoms with Crippen LogP contribution in [-0.2, 0) is 4.79 Å². The molecule has 5 heteroatoms. The minimum absolute atomic E-state index is 0.00347. The summed E-state index contributed by atoms with van der Waals surface area (Å²) < 4.78 is 17.5. The number of alkyl halides is 1. The Bertz CT molecular complexity index is 586. The SMILES string of the molecule is O=C(O)C(F)Oc1ccc(-c2ccccc2)cc1Cl. The monoisotopic (exact) mass is 280 g/mol. The first-order valence-corrected chi connectivity index (χ1v) is 5.84. The van der Waals surface area contributed by atoms with E-state index in [1.54, 1.807) is 12.1 Å². The first kappa shape index (κ1) is 13.4. The largest absolute Gasteiger partial charge is 0.476 e. The van der Waals surface area contributed by atoms with E-state index in [0.717, 1.165) is 11.1 Å². The Morgan fingerprint density at radius 2 is 1.84 bits per heavy atom. The maximum Gasteiger partial charge on any atom is 0.378 e. The standard InChI is InChI=1S/C14H10ClFO3/c15-11-8-10(9-4-2-1-3-5-9)6-7-12(11)19-13(16)14(17)18/h1-8,13H,(H,17,18). The van der Waals surface area contributed by atoms with Crippen LogP contribution in [-0.4, -0.2) is 17.4 Å². The van der Waals surface area contributed by atoms with Gasteiger partial charge in [-0.25, -0.2) is 4.79 Å². The van der Waals surface area contributed by atoms with E-state index >= 15 is 0 Å². The molecule has 0 aliphatic rings. The van der Waals surface area contributed by atoms with Gasteiger partial charge >= 0.3 is 12.3 Å². The molecule has 2 rings (SSSR count). The number of rotatable bonds is 4. The lowest BCUT2D eigenvalue weighted by Crippen LogP contribution is -2.21. The van der Waals surface area contributed by atoms with Crippen LogP contribution < -0.4 is 4.74 Å². The topological polar surface area (TPSA) is 46.5 Å². The molecule has 0 saturated carbocycles. The second kappa shape index (κ2) is 5.71. The van der Waals surface area contributed by atoms with Gasteiger partial charge in [0.2, 0.25) is 0 Å². The van der Waals surface area contributed by atoms with Crippen molar-refractivity contribution < 1.29 is 19.0 Å². The van der Waals surface area contributed by atoms with Gasteiger partial charge in [0.05, 0.1) is 5.02 Å². The molecule has 0 heterocycles. The Kier molecular flexibility index (Phi) is 4.02. The van der Waals surface area contributed by atoms with E-state index in [4.69, 9.17) is 16.7 Å². The molecular weight excluding hydrogens is 271 g/mol. The lowest BCUT2D eigenvalue weighted by atomic mass is 10.1. The van der Waals surface area contributed by atoms with Crippen molar-refractivity contribution in [3.8, 4) is 16.9 Å². The summed E-state index contributed by atoms with van der Waals surface area (Å²) in [5.74, 6) is -1.69. The number of carboxylic acid groups (broad SMARTS) is 1. The molecule has 19 heavy (non-hydrogen) atoms. The molecule has 0 amide bonds. The number of aliphatic carboxylic acids is 1. The molecule has 2 aromatic carbocycles. The molecule has 1 atom stereocenters. The Hall–Kier alpha value is -2.07. The number of benzene rings is 2. The smallest absolute Gasteiger partial charge is 0.378 e. The van der Waals surface area contributed by atoms with Gasteiger partial charge in [-0.1, -0.05) is 48.0 Å². The van der Waals surface area contributed by atoms with Crippen LogP contribution in [0.1, 0.15) is 0 Å². The molecular formula is C14H10ClFO3. The summed E-state index contributed by atoms with van der Waals surface area (Å²) in [6.07, 6.45) is -2.43. The van der Waals surface area contributed by atoms with E-state index in [0.29, 0.717) is 0 Å². The number of halogens is 2. The number of hydrogen-bond donors (Lipinski definition) is 1. The van der Waals surface area contributed by atoms with Crippen molar-refractivity contribution in [2.75, 3.05) is 0 Å². The van der Waals surface area contributed by atoms with Gasteiger partial charge in [-0.15, -0.1) is 0 Å². The van der Waals surface area contributed by atoms with Gasteiger partial charge < -0.3 is 9.84 Å². The van der Waals surface area contributed by atoms with Crippen molar-refractivity contribution in [1.29, 1.82) is 0 Å². The maximum atomic E-state index is 12.9. The number of carboxylic acids is 1. The van der Waals surface area contributed by atoms with Crippen LogP contribution in [0.2, 0.25) is 5.02 Å². The average molecular weight is 281 g/mol. The quantitative estimate of drug-likeness (QED) is 0.927. The van der Waals surface area contributed by atoms with Crippen molar-refractivity contribution in [2.45, 2.75) is 6.36 Å². The average Bonchev–Trinajstić information content (AvgIpc) is 2.41. The zero-order valence-electron chi connectivity index (χ0n) is 9.72. The van der Waals surface area contributed by atoms with Crippen LogP contribution in [0.15, 0.2) is 48.5 Å². The third-order valence-electron chi connectivity index (χ3n) is 2.46. The van der Waals surface area contributed by atoms with Crippen LogP contribution in [0.5, 0.6) is 5.75 Å². The molecule has 98 valence electrons. The van der Waals surface area contributed by atoms with Gasteiger partial charge in [0.15, 0.2) is 0 Å². The van der Waals surface area contributed by atoms with E-state index in [2.05, 4.69) is 4.74 Å². The van der Waals surface area contributed by atoms with E-state index in [9.17, 15) is 9.18 Å². The summed E-state index contributed by atoms with van der Waals surface area (Å²) >= 11 is 5.94. The second-order valence-electron chi connectivity index (χ2n) is 3.78. The van der Waals surface area contributed by atoms with Gasteiger partial charge in [0.1, 0.15) is 5.75 Å². The highest BCUT2D eigenvalue weighted by Gasteiger charge is 2.18. The molecule has 0 spiro atoms. The molecule has 0 bridgehead atoms. The van der Waals surface area contributed by atoms with Gasteiger partial charge in [-0.3, -0.25) is 0 Å². The fourth-order valence-corrected chi connectivity index (χ4v) is 1.79. The Labute approximate surface area is 114 Å². The molecule has 2 aromatic rings. The number of hydrogen-bond acceptors (Lipinski definition) is 2. The highest BCUT2D eigenvalue weighted by atomic mass is 35.5. The molecule has 0 saturated heterocycles. The van der Waals surface area contributed by atoms with Crippen LogP contribution >= 0.6 is 11.6 Å². The molecule has 3 nitrogen and oxygen atoms in total. The Morgan fingerprint density at radius 3 is 2.42 bits per heavy atom. The lowest BCUT2D eigenvalue weighted by molar-refractivity contribution is -0.153. The summed E-state index contributed by atoms with van der Waals surface area (Å²) in [5, 5.41) is 8.58. The minimum Gasteiger partial charge on any atom is -0.476 e. The number of ether oxygens (including phenoxy) is 1. The van der Waals surface area contributed by atoms with Crippen LogP contribution in [0, 0.1) is 0 Å². The van der Waals surface area contributed by atoms with Crippen molar-refractivity contribution in [2.24, 2.45) is 0 Å². The van der Waals surface area contributed by atoms with Crippen molar-refractivity contribution >= 4 is 17.6 Å². The third-order valence-corrected chi connectivity index (χ3v) is 2.76. The fourth-order valence-electron chi connectivity index (χ4n) is 1.57. The second-order valence-corrected chi connectivity index (χ2v) is 4.19. The predicted octanol–water partition coefficient (Wildman–Crippen LogP) is 3.77. The molecule has 0 radical (unpaired) electrons. The van der Waals surface area contributed by atoms with Gasteiger partial charge in [-0.2, -0.15) is 4.39 Å². The minimum atomic E-state index is -2.43. The summed E-state index contributed by atoms with van der Waals surface area (Å²) in [6, 6.07) is 14.2. The summed E-state index contributed by atoms with van der Waals surface area (Å²) in [4.78, 5) is 10.4. The summed E-state index contributed by atoms with van der Waals surface area (Å²) in [6.45, 7) is 0. The van der Waals surface area contributed by atoms with Gasteiger partial charge in [0, 0.05) is 0 Å². The lowest BCUT2D eigenvalue weighted by Gasteiger charge is -2.10. The van der Waals surface area contributed by atoms with Crippen LogP contribution in [0.3, 0.4) is 0 Å². The zero-order valence-corrected chi connectivity index (χ0v) is 10.5.